The average molecular weight is 1760 g/mol. The predicted molar refractivity (Wildman–Crippen MR) is 366 cm³/mol. The number of rotatable bonds is 37. The first-order valence-corrected chi connectivity index (χ1v) is 37.4. The number of carboxylic acid groups (broad SMARTS) is 3. The van der Waals surface area contributed by atoms with Gasteiger partial charge in [0.1, 0.15) is 183 Å². The Bertz CT molecular complexity index is 3250. The summed E-state index contributed by atoms with van der Waals surface area (Å²) >= 11 is 0. The van der Waals surface area contributed by atoms with Gasteiger partial charge in [0, 0.05) is 26.7 Å². The van der Waals surface area contributed by atoms with Gasteiger partial charge in [-0.25, -0.2) is 14.4 Å². The van der Waals surface area contributed by atoms with Crippen LogP contribution in [-0.2, 0) is 99.8 Å². The molecular weight excluding hydrogens is 1650 g/mol. The first-order valence-electron chi connectivity index (χ1n) is 37.4. The highest BCUT2D eigenvalue weighted by molar-refractivity contribution is 5.77. The zero-order valence-corrected chi connectivity index (χ0v) is 63.7. The minimum Gasteiger partial charge on any atom is -0.479 e. The molecule has 0 aromatic carbocycles. The molecule has 8 heterocycles. The Morgan fingerprint density at radius 1 is 0.442 bits per heavy atom. The van der Waals surface area contributed by atoms with Crippen LogP contribution < -0.4 is 22.1 Å². The zero-order chi connectivity index (χ0) is 89.7. The highest BCUT2D eigenvalue weighted by Crippen LogP contribution is 2.43. The number of carbonyl (C=O) groups excluding carboxylic acids is 2. The van der Waals surface area contributed by atoms with Crippen molar-refractivity contribution in [3.8, 4) is 0 Å². The number of amides is 2. The number of aliphatic hydroxyl groups is 27. The number of carbonyl (C=O) groups is 5. The molecule has 0 saturated carbocycles. The third kappa shape index (κ3) is 22.2. The lowest BCUT2D eigenvalue weighted by Crippen LogP contribution is -2.71. The number of hydrogen-bond donors (Lipinski definition) is 34. The van der Waals surface area contributed by atoms with Crippen molar-refractivity contribution >= 4 is 29.7 Å². The van der Waals surface area contributed by atoms with Crippen molar-refractivity contribution in [2.24, 2.45) is 11.5 Å². The summed E-state index contributed by atoms with van der Waals surface area (Å²) in [6.45, 7) is -7.18. The summed E-state index contributed by atoms with van der Waals surface area (Å²) in [5, 5.41) is 337. The molecule has 55 heteroatoms. The van der Waals surface area contributed by atoms with Gasteiger partial charge in [-0.2, -0.15) is 0 Å². The first-order chi connectivity index (χ1) is 56.2. The standard InChI is InChI=1S/C65H110N4O51/c1-14(75)28(68-15(2)76)50-29(69-16(3)77)18(78)4-64(120-50,62(101)102)107-13-26-49(114-57-41(95)35(89)32(86)24(10-74)108-57)40(94)43(97)58(110-26)118-54-47(21(81)8-72)113-60(44(98)51(54)115-61-53(39(93)38(92)45(111-61)20(80)7-71)117-59-42(96)36(90)37(91)52(116-59)55(99)100)112-46-19(79)5-65(63(103)104,119-48(46)22(82)9-73)106-12-25-33(87)34(88)27(67)56(109-25)105-11-23(83)31(85)30(84)17(66)6-70/h14,17-54,56-61,70-75,78-98H,4-13,66-67H2,1-3H3,(H,68,76)(H,69,77)(H,99,100)(H,101,102)(H,103,104)/t14-,17+,18+,19-,20+,21-,22-,23-,24-,25-,26-,27-,28-,29-,30-,31-,32-,33-,34-,35+,36+,37+,38+,39+,40-,41-,42-,43-,44+,45-,46-,47-,48-,49-,50+,51-,52+,53+,54-,56-,57+,58+,59-,60+,61-,64-,65-/m1/s1. The van der Waals surface area contributed by atoms with Gasteiger partial charge in [0.15, 0.2) is 43.8 Å². The van der Waals surface area contributed by atoms with Crippen LogP contribution in [0.15, 0.2) is 0 Å². The summed E-state index contributed by atoms with van der Waals surface area (Å²) in [7, 11) is 0. The number of aliphatic carboxylic acids is 3. The smallest absolute Gasteiger partial charge is 0.364 e. The van der Waals surface area contributed by atoms with Crippen LogP contribution in [0.3, 0.4) is 0 Å². The van der Waals surface area contributed by atoms with Crippen molar-refractivity contribution in [3.63, 3.8) is 0 Å². The Balaban J connectivity index is 1.21. The van der Waals surface area contributed by atoms with Gasteiger partial charge in [-0.05, 0) is 6.92 Å². The summed E-state index contributed by atoms with van der Waals surface area (Å²) in [5.74, 6) is -14.8. The Kier molecular flexibility index (Phi) is 36.1. The number of aliphatic hydroxyl groups excluding tert-OH is 27. The van der Waals surface area contributed by atoms with Crippen molar-refractivity contribution in [2.45, 2.75) is 321 Å². The molecule has 0 aromatic heterocycles. The van der Waals surface area contributed by atoms with Gasteiger partial charge in [0.25, 0.3) is 11.6 Å². The zero-order valence-electron chi connectivity index (χ0n) is 63.7. The Morgan fingerprint density at radius 2 is 0.900 bits per heavy atom. The van der Waals surface area contributed by atoms with Crippen LogP contribution in [0, 0.1) is 0 Å². The van der Waals surface area contributed by atoms with Gasteiger partial charge in [0.05, 0.1) is 101 Å². The largest absolute Gasteiger partial charge is 0.479 e. The fraction of sp³-hybridized carbons (Fsp3) is 0.923. The third-order valence-corrected chi connectivity index (χ3v) is 21.5. The SMILES string of the molecule is CC(=O)N[C@@H]([C@@H]1O[C@@](OC[C@H]2O[C@@H](O[C@H]3[C@H](O[C@H]4O[C@H]([C@@H](O)CO)[C@@H](O)[C@H](O)[C@@H]4O[C@H]4O[C@H](C(=O)O)[C@@H](O)[C@H](O)[C@H]4O)[C@H](O)[C@@H](O[C@H]4[C@@H]([C@H](O)CO)O[C@@](OC[C@H]5O[C@@H](OC[C@@H](O)[C@@H](O)[C@H](O)[C@@H](N)CO)[C@H](N)[C@@H](O)[C@@H]5O)(C(=O)O)C[C@H]4O)O[C@@H]3[C@H](O)CO)[C@H](O)[C@@H](O)[C@@H]2O[C@@H]2O[C@H](CO)[C@@H](O)[C@H](O)[C@H]2O)(C(=O)O)C[C@H](O)[C@H]1NC(C)=O)[C@@H](C)O. The van der Waals surface area contributed by atoms with Gasteiger partial charge >= 0.3 is 17.9 Å². The van der Waals surface area contributed by atoms with Crippen molar-refractivity contribution in [3.05, 3.63) is 0 Å². The monoisotopic (exact) mass is 1760 g/mol. The molecule has 8 fully saturated rings. The van der Waals surface area contributed by atoms with E-state index < -0.39 is 383 Å². The predicted octanol–water partition coefficient (Wildman–Crippen LogP) is -21.9. The number of carboxylic acids is 3. The minimum atomic E-state index is -3.35. The molecule has 8 aliphatic rings. The molecule has 0 bridgehead atoms. The fourth-order valence-electron chi connectivity index (χ4n) is 14.7. The van der Waals surface area contributed by atoms with Crippen LogP contribution in [0.25, 0.3) is 0 Å². The van der Waals surface area contributed by atoms with Crippen LogP contribution in [0.2, 0.25) is 0 Å². The molecule has 0 aromatic rings. The Labute approximate surface area is 676 Å². The van der Waals surface area contributed by atoms with E-state index in [-0.39, 0.29) is 0 Å². The molecule has 8 saturated heterocycles. The highest BCUT2D eigenvalue weighted by Gasteiger charge is 2.64. The summed E-state index contributed by atoms with van der Waals surface area (Å²) in [6, 6.07) is -6.64. The molecule has 0 unspecified atom stereocenters. The van der Waals surface area contributed by atoms with E-state index >= 15 is 0 Å². The van der Waals surface area contributed by atoms with E-state index in [1.165, 1.54) is 0 Å². The lowest BCUT2D eigenvalue weighted by Gasteiger charge is -2.52. The average Bonchev–Trinajstić information content (AvgIpc) is 0.750. The van der Waals surface area contributed by atoms with Gasteiger partial charge < -0.3 is 251 Å². The van der Waals surface area contributed by atoms with Crippen LogP contribution in [0.1, 0.15) is 33.6 Å². The Hall–Kier alpha value is -4.45. The molecular formula is C65H110N4O51. The van der Waals surface area contributed by atoms with E-state index in [0.29, 0.717) is 0 Å². The summed E-state index contributed by atoms with van der Waals surface area (Å²) in [4.78, 5) is 64.7. The molecule has 696 valence electrons. The lowest BCUT2D eigenvalue weighted by molar-refractivity contribution is -0.417. The van der Waals surface area contributed by atoms with Gasteiger partial charge in [-0.1, -0.05) is 0 Å². The number of nitrogens with one attached hydrogen (secondary N) is 2. The Morgan fingerprint density at radius 3 is 1.44 bits per heavy atom. The second-order valence-electron chi connectivity index (χ2n) is 30.1. The fourth-order valence-corrected chi connectivity index (χ4v) is 14.7. The van der Waals surface area contributed by atoms with Crippen LogP contribution in [0.5, 0.6) is 0 Å². The third-order valence-electron chi connectivity index (χ3n) is 21.5. The first kappa shape index (κ1) is 101. The van der Waals surface area contributed by atoms with E-state index in [9.17, 15) is 177 Å². The lowest BCUT2D eigenvalue weighted by atomic mass is 9.87. The van der Waals surface area contributed by atoms with E-state index in [1.807, 2.05) is 0 Å². The molecule has 0 aliphatic carbocycles. The molecule has 0 spiro atoms. The quantitative estimate of drug-likeness (QED) is 0.0275. The van der Waals surface area contributed by atoms with Crippen molar-refractivity contribution in [1.82, 2.24) is 10.6 Å². The van der Waals surface area contributed by atoms with Crippen molar-refractivity contribution in [2.75, 3.05) is 52.9 Å². The second-order valence-corrected chi connectivity index (χ2v) is 30.1. The maximum absolute atomic E-state index is 13.7. The molecule has 8 rings (SSSR count). The molecule has 47 atom stereocenters. The molecule has 8 aliphatic heterocycles. The summed E-state index contributed by atoms with van der Waals surface area (Å²) in [6.07, 6.45) is -102. The van der Waals surface area contributed by atoms with E-state index in [4.69, 9.17) is 87.3 Å². The molecule has 55 nitrogen and oxygen atoms in total. The van der Waals surface area contributed by atoms with Gasteiger partial charge in [0.2, 0.25) is 11.8 Å². The summed E-state index contributed by atoms with van der Waals surface area (Å²) in [5.41, 5.74) is 11.6. The van der Waals surface area contributed by atoms with Crippen LogP contribution in [-0.4, -0.2) is 523 Å². The number of ether oxygens (including phenoxy) is 16. The van der Waals surface area contributed by atoms with Gasteiger partial charge in [-0.15, -0.1) is 0 Å². The van der Waals surface area contributed by atoms with Crippen LogP contribution in [0.4, 0.5) is 0 Å². The maximum Gasteiger partial charge on any atom is 0.364 e. The number of hydrogen-bond acceptors (Lipinski definition) is 50. The minimum absolute atomic E-state index is 0.860. The molecule has 36 N–H and O–H groups in total. The highest BCUT2D eigenvalue weighted by atomic mass is 16.8. The van der Waals surface area contributed by atoms with Crippen molar-refractivity contribution in [1.29, 1.82) is 0 Å². The molecule has 0 radical (unpaired) electrons. The second kappa shape index (κ2) is 42.9. The molecule has 2 amide bonds. The topological polar surface area (TPSA) is 916 Å². The van der Waals surface area contributed by atoms with Crippen LogP contribution >= 0.6 is 0 Å². The van der Waals surface area contributed by atoms with E-state index in [2.05, 4.69) is 10.6 Å². The number of nitrogens with two attached hydrogens (primary N) is 2. The summed E-state index contributed by atoms with van der Waals surface area (Å²) < 4.78 is 93.3. The van der Waals surface area contributed by atoms with E-state index in [1.54, 1.807) is 0 Å². The normalized spacial score (nSPS) is 45.1. The van der Waals surface area contributed by atoms with E-state index in [0.717, 1.165) is 20.8 Å². The van der Waals surface area contributed by atoms with Crippen molar-refractivity contribution < 1.29 is 253 Å². The molecule has 120 heavy (non-hydrogen) atoms. The maximum atomic E-state index is 13.7. The van der Waals surface area contributed by atoms with Gasteiger partial charge in [-0.3, -0.25) is 9.59 Å².